The van der Waals surface area contributed by atoms with E-state index < -0.39 is 35.9 Å². The van der Waals surface area contributed by atoms with Crippen LogP contribution >= 0.6 is 0 Å². The largest absolute Gasteiger partial charge is 0.389 e. The molecule has 2 N–H and O–H groups in total. The lowest BCUT2D eigenvalue weighted by molar-refractivity contribution is -0.135. The van der Waals surface area contributed by atoms with Gasteiger partial charge in [0.1, 0.15) is 23.3 Å². The summed E-state index contributed by atoms with van der Waals surface area (Å²) in [4.78, 5) is 27.1. The van der Waals surface area contributed by atoms with Crippen LogP contribution in [0.1, 0.15) is 25.7 Å². The van der Waals surface area contributed by atoms with Crippen molar-refractivity contribution in [3.63, 3.8) is 0 Å². The summed E-state index contributed by atoms with van der Waals surface area (Å²) in [7, 11) is 0. The predicted molar refractivity (Wildman–Crippen MR) is 190 cm³/mol. The summed E-state index contributed by atoms with van der Waals surface area (Å²) >= 11 is 0. The molecule has 0 radical (unpaired) electrons. The summed E-state index contributed by atoms with van der Waals surface area (Å²) in [5.41, 5.74) is 2.79. The Kier molecular flexibility index (Phi) is 9.10. The van der Waals surface area contributed by atoms with Crippen LogP contribution in [0.5, 0.6) is 0 Å². The first kappa shape index (κ1) is 35.0. The molecule has 2 bridgehead atoms. The maximum Gasteiger partial charge on any atom is 0.257 e. The Morgan fingerprint density at radius 2 is 1.02 bits per heavy atom. The quantitative estimate of drug-likeness (QED) is 0.176. The van der Waals surface area contributed by atoms with Gasteiger partial charge >= 0.3 is 0 Å². The van der Waals surface area contributed by atoms with E-state index in [0.717, 1.165) is 30.3 Å². The van der Waals surface area contributed by atoms with Crippen LogP contribution in [0.2, 0.25) is 0 Å². The summed E-state index contributed by atoms with van der Waals surface area (Å²) < 4.78 is 71.8. The van der Waals surface area contributed by atoms with Gasteiger partial charge in [0, 0.05) is 81.6 Å². The maximum absolute atomic E-state index is 13.7. The number of aliphatic hydroxyl groups excluding tert-OH is 2. The number of halogens is 5. The highest BCUT2D eigenvalue weighted by Crippen LogP contribution is 2.39. The van der Waals surface area contributed by atoms with E-state index in [4.69, 9.17) is 0 Å². The fraction of sp³-hybridized carbons (Fsp3) is 0.350. The minimum atomic E-state index is -1.50. The molecular formula is C40H37F5N4O4. The maximum atomic E-state index is 13.7. The average molecular weight is 733 g/mol. The number of β-amino-alcohol motifs (C(OH)–C–C–N with tert-alkyl or cyclic N) is 2. The van der Waals surface area contributed by atoms with Gasteiger partial charge < -0.3 is 29.1 Å². The fourth-order valence-electron chi connectivity index (χ4n) is 8.51. The normalized spacial score (nSPS) is 21.1. The fourth-order valence-corrected chi connectivity index (χ4v) is 8.51. The van der Waals surface area contributed by atoms with Crippen molar-refractivity contribution in [1.29, 1.82) is 0 Å². The first-order chi connectivity index (χ1) is 25.4. The summed E-state index contributed by atoms with van der Waals surface area (Å²) in [6, 6.07) is 17.5. The van der Waals surface area contributed by atoms with Gasteiger partial charge in [0.05, 0.1) is 25.3 Å². The Bertz CT molecular complexity index is 2280. The lowest BCUT2D eigenvalue weighted by Crippen LogP contribution is -2.43. The third-order valence-electron chi connectivity index (χ3n) is 10.9. The van der Waals surface area contributed by atoms with Crippen LogP contribution in [0.25, 0.3) is 43.6 Å². The number of benzene rings is 4. The number of nitrogens with zero attached hydrogens (tertiary/aromatic N) is 4. The van der Waals surface area contributed by atoms with E-state index in [2.05, 4.69) is 0 Å². The van der Waals surface area contributed by atoms with E-state index in [-0.39, 0.29) is 62.1 Å². The van der Waals surface area contributed by atoms with Gasteiger partial charge in [-0.1, -0.05) is 0 Å². The van der Waals surface area contributed by atoms with Crippen LogP contribution in [0, 0.1) is 29.2 Å². The van der Waals surface area contributed by atoms with Crippen molar-refractivity contribution in [2.45, 2.75) is 63.2 Å². The van der Waals surface area contributed by atoms with E-state index >= 15 is 0 Å². The van der Waals surface area contributed by atoms with Gasteiger partial charge in [-0.25, -0.2) is 22.0 Å². The molecule has 6 aromatic rings. The number of alkyl halides is 1. The number of amides is 2. The topological polar surface area (TPSA) is 90.9 Å². The Labute approximate surface area is 300 Å². The SMILES string of the molecule is O=C1C(F)CCN1CC(O)Cn1c2ccc(F)cc2c2cc(F)ccc21.O=C1C2CCC(C2)N1CC(O)Cn1c2ccc(F)cc2c2cc(F)ccc21. The Hall–Kier alpha value is -5.01. The Balaban J connectivity index is 0.000000151. The number of hydrogen-bond donors (Lipinski definition) is 2. The number of rotatable bonds is 8. The van der Waals surface area contributed by atoms with Crippen LogP contribution in [-0.2, 0) is 22.7 Å². The molecule has 1 saturated carbocycles. The molecule has 2 saturated heterocycles. The van der Waals surface area contributed by atoms with Crippen molar-refractivity contribution in [2.24, 2.45) is 5.92 Å². The van der Waals surface area contributed by atoms with Crippen molar-refractivity contribution < 1.29 is 41.8 Å². The number of likely N-dealkylation sites (tertiary alicyclic amines) is 2. The molecular weight excluding hydrogens is 695 g/mol. The molecule has 9 rings (SSSR count). The van der Waals surface area contributed by atoms with E-state index in [1.165, 1.54) is 53.4 Å². The van der Waals surface area contributed by atoms with E-state index in [9.17, 15) is 41.8 Å². The zero-order valence-corrected chi connectivity index (χ0v) is 28.6. The summed E-state index contributed by atoms with van der Waals surface area (Å²) in [6.45, 7) is 0.976. The highest BCUT2D eigenvalue weighted by Gasteiger charge is 2.45. The summed E-state index contributed by atoms with van der Waals surface area (Å²) in [6.07, 6.45) is -0.169. The molecule has 3 fully saturated rings. The number of piperidine rings is 1. The van der Waals surface area contributed by atoms with Gasteiger partial charge in [-0.15, -0.1) is 0 Å². The van der Waals surface area contributed by atoms with Crippen LogP contribution in [-0.4, -0.2) is 85.0 Å². The second-order valence-corrected chi connectivity index (χ2v) is 14.4. The lowest BCUT2D eigenvalue weighted by atomic mass is 10.1. The molecule has 4 heterocycles. The van der Waals surface area contributed by atoms with Crippen LogP contribution in [0.3, 0.4) is 0 Å². The van der Waals surface area contributed by atoms with Crippen molar-refractivity contribution in [3.8, 4) is 0 Å². The van der Waals surface area contributed by atoms with Gasteiger partial charge in [0.25, 0.3) is 5.91 Å². The molecule has 2 aliphatic heterocycles. The Morgan fingerprint density at radius 3 is 1.40 bits per heavy atom. The van der Waals surface area contributed by atoms with Gasteiger partial charge in [-0.05, 0) is 92.1 Å². The highest BCUT2D eigenvalue weighted by molar-refractivity contribution is 6.09. The lowest BCUT2D eigenvalue weighted by Gasteiger charge is -2.29. The van der Waals surface area contributed by atoms with Crippen LogP contribution in [0.15, 0.2) is 72.8 Å². The average Bonchev–Trinajstić information content (AvgIpc) is 3.93. The summed E-state index contributed by atoms with van der Waals surface area (Å²) in [5.74, 6) is -1.96. The molecule has 5 unspecified atom stereocenters. The molecule has 4 aromatic carbocycles. The number of aromatic nitrogens is 2. The minimum absolute atomic E-state index is 0.0167. The standard InChI is InChI=1S/C21H20F2N2O2.C19H17F3N2O2/c22-13-2-5-19-17(8-13)18-9-14(23)3-6-20(18)25(19)11-16(26)10-24-15-4-1-12(7-15)21(24)27;20-11-1-3-17-14(7-11)15-8-12(21)2-4-18(15)24(17)10-13(25)9-23-6-5-16(22)19(23)26/h2-3,5-6,8-9,12,15-16,26H,1,4,7,10-11H2;1-4,7-8,13,16,25H,5-6,9-10H2. The summed E-state index contributed by atoms with van der Waals surface area (Å²) in [5, 5.41) is 23.5. The zero-order valence-electron chi connectivity index (χ0n) is 28.6. The van der Waals surface area contributed by atoms with Gasteiger partial charge in [-0.2, -0.15) is 0 Å². The number of fused-ring (bicyclic) bond motifs is 8. The zero-order chi connectivity index (χ0) is 37.1. The van der Waals surface area contributed by atoms with Crippen molar-refractivity contribution in [2.75, 3.05) is 19.6 Å². The van der Waals surface area contributed by atoms with E-state index in [1.807, 2.05) is 9.47 Å². The second kappa shape index (κ2) is 13.8. The van der Waals surface area contributed by atoms with E-state index in [0.29, 0.717) is 39.1 Å². The van der Waals surface area contributed by atoms with Crippen molar-refractivity contribution >= 4 is 55.4 Å². The first-order valence-corrected chi connectivity index (χ1v) is 17.8. The third-order valence-corrected chi connectivity index (χ3v) is 10.9. The molecule has 2 aromatic heterocycles. The second-order valence-electron chi connectivity index (χ2n) is 14.4. The predicted octanol–water partition coefficient (Wildman–Crippen LogP) is 6.45. The molecule has 2 amide bonds. The molecule has 276 valence electrons. The molecule has 13 heteroatoms. The minimum Gasteiger partial charge on any atom is -0.389 e. The highest BCUT2D eigenvalue weighted by atomic mass is 19.1. The van der Waals surface area contributed by atoms with Gasteiger partial charge in [0.15, 0.2) is 6.17 Å². The number of carbonyl (C=O) groups excluding carboxylic acids is 2. The van der Waals surface area contributed by atoms with Crippen molar-refractivity contribution in [1.82, 2.24) is 18.9 Å². The van der Waals surface area contributed by atoms with E-state index in [1.54, 1.807) is 28.8 Å². The molecule has 3 aliphatic rings. The third kappa shape index (κ3) is 6.50. The molecule has 8 nitrogen and oxygen atoms in total. The number of aliphatic hydroxyl groups is 2. The van der Waals surface area contributed by atoms with Crippen LogP contribution in [0.4, 0.5) is 22.0 Å². The molecule has 53 heavy (non-hydrogen) atoms. The first-order valence-electron chi connectivity index (χ1n) is 17.8. The molecule has 0 spiro atoms. The van der Waals surface area contributed by atoms with Crippen LogP contribution < -0.4 is 0 Å². The monoisotopic (exact) mass is 732 g/mol. The smallest absolute Gasteiger partial charge is 0.257 e. The molecule has 5 atom stereocenters. The number of carbonyl (C=O) groups is 2. The van der Waals surface area contributed by atoms with Crippen molar-refractivity contribution in [3.05, 3.63) is 96.1 Å². The Morgan fingerprint density at radius 1 is 0.585 bits per heavy atom. The molecule has 1 aliphatic carbocycles. The van der Waals surface area contributed by atoms with Gasteiger partial charge in [0.2, 0.25) is 5.91 Å². The number of hydrogen-bond acceptors (Lipinski definition) is 4. The van der Waals surface area contributed by atoms with Gasteiger partial charge in [-0.3, -0.25) is 9.59 Å².